The lowest BCUT2D eigenvalue weighted by atomic mass is 10.1. The van der Waals surface area contributed by atoms with Gasteiger partial charge < -0.3 is 10.6 Å². The second kappa shape index (κ2) is 5.65. The minimum absolute atomic E-state index is 0.0667. The van der Waals surface area contributed by atoms with E-state index in [-0.39, 0.29) is 28.5 Å². The van der Waals surface area contributed by atoms with Crippen molar-refractivity contribution in [3.63, 3.8) is 0 Å². The predicted molar refractivity (Wildman–Crippen MR) is 68.3 cm³/mol. The van der Waals surface area contributed by atoms with Gasteiger partial charge in [0.1, 0.15) is 11.6 Å². The van der Waals surface area contributed by atoms with Gasteiger partial charge in [0.2, 0.25) is 5.91 Å². The van der Waals surface area contributed by atoms with Crippen molar-refractivity contribution >= 4 is 27.5 Å². The van der Waals surface area contributed by atoms with E-state index >= 15 is 0 Å². The van der Waals surface area contributed by atoms with E-state index in [0.29, 0.717) is 6.54 Å². The van der Waals surface area contributed by atoms with Crippen molar-refractivity contribution in [2.24, 2.45) is 0 Å². The van der Waals surface area contributed by atoms with Crippen LogP contribution in [0, 0.1) is 11.6 Å². The van der Waals surface area contributed by atoms with E-state index in [1.54, 1.807) is 0 Å². The molecule has 2 rings (SSSR count). The summed E-state index contributed by atoms with van der Waals surface area (Å²) in [6.45, 7) is 0.633. The van der Waals surface area contributed by atoms with Gasteiger partial charge in [-0.1, -0.05) is 0 Å². The molecule has 6 heteroatoms. The van der Waals surface area contributed by atoms with Crippen molar-refractivity contribution in [2.45, 2.75) is 25.3 Å². The van der Waals surface area contributed by atoms with E-state index < -0.39 is 11.6 Å². The van der Waals surface area contributed by atoms with Crippen LogP contribution in [0.4, 0.5) is 14.5 Å². The van der Waals surface area contributed by atoms with Crippen LogP contribution in [0.5, 0.6) is 0 Å². The smallest absolute Gasteiger partial charge is 0.222 e. The van der Waals surface area contributed by atoms with E-state index in [4.69, 9.17) is 0 Å². The van der Waals surface area contributed by atoms with Crippen LogP contribution in [0.15, 0.2) is 16.6 Å². The van der Waals surface area contributed by atoms with Gasteiger partial charge in [0.05, 0.1) is 10.2 Å². The van der Waals surface area contributed by atoms with Crippen molar-refractivity contribution in [1.29, 1.82) is 0 Å². The molecule has 0 saturated carbocycles. The molecule has 0 aliphatic carbocycles. The molecule has 1 aromatic rings. The number of benzene rings is 1. The molecule has 98 valence electrons. The Morgan fingerprint density at radius 3 is 2.89 bits per heavy atom. The third kappa shape index (κ3) is 3.19. The van der Waals surface area contributed by atoms with Crippen LogP contribution in [0.3, 0.4) is 0 Å². The number of carbonyl (C=O) groups is 1. The maximum Gasteiger partial charge on any atom is 0.222 e. The van der Waals surface area contributed by atoms with Crippen LogP contribution in [0.25, 0.3) is 0 Å². The maximum atomic E-state index is 13.6. The molecule has 0 aromatic heterocycles. The molecule has 1 atom stereocenters. The van der Waals surface area contributed by atoms with Gasteiger partial charge in [-0.25, -0.2) is 8.78 Å². The molecule has 1 aliphatic rings. The highest BCUT2D eigenvalue weighted by molar-refractivity contribution is 9.10. The Morgan fingerprint density at radius 1 is 1.33 bits per heavy atom. The molecule has 3 nitrogen and oxygen atoms in total. The largest absolute Gasteiger partial charge is 0.379 e. The minimum atomic E-state index is -0.534. The van der Waals surface area contributed by atoms with E-state index in [1.165, 1.54) is 0 Å². The zero-order chi connectivity index (χ0) is 13.1. The fraction of sp³-hybridized carbons (Fsp3) is 0.417. The first-order valence-electron chi connectivity index (χ1n) is 5.74. The summed E-state index contributed by atoms with van der Waals surface area (Å²) in [5.74, 6) is -1.13. The Morgan fingerprint density at radius 2 is 2.11 bits per heavy atom. The summed E-state index contributed by atoms with van der Waals surface area (Å²) in [4.78, 5) is 11.4. The molecule has 2 N–H and O–H groups in total. The van der Waals surface area contributed by atoms with E-state index in [2.05, 4.69) is 26.6 Å². The molecule has 1 amide bonds. The zero-order valence-corrected chi connectivity index (χ0v) is 11.2. The van der Waals surface area contributed by atoms with Crippen LogP contribution in [0.2, 0.25) is 0 Å². The Labute approximate surface area is 112 Å². The molecule has 1 saturated heterocycles. The lowest BCUT2D eigenvalue weighted by Gasteiger charge is -2.17. The third-order valence-electron chi connectivity index (χ3n) is 2.85. The first-order valence-corrected chi connectivity index (χ1v) is 6.53. The second-order valence-corrected chi connectivity index (χ2v) is 5.14. The van der Waals surface area contributed by atoms with Crippen molar-refractivity contribution in [2.75, 3.05) is 11.9 Å². The summed E-state index contributed by atoms with van der Waals surface area (Å²) in [6.07, 6.45) is 1.84. The number of amides is 1. The molecule has 1 aromatic carbocycles. The standard InChI is InChI=1S/C12H13BrF2N2O/c13-8-5-10(15)11(6-9(8)14)17-7-2-1-3-16-12(18)4-7/h5-7,17H,1-4H2,(H,16,18). The van der Waals surface area contributed by atoms with Gasteiger partial charge in [-0.2, -0.15) is 0 Å². The zero-order valence-electron chi connectivity index (χ0n) is 9.60. The van der Waals surface area contributed by atoms with Gasteiger partial charge >= 0.3 is 0 Å². The quantitative estimate of drug-likeness (QED) is 0.823. The van der Waals surface area contributed by atoms with Crippen molar-refractivity contribution < 1.29 is 13.6 Å². The molecule has 0 spiro atoms. The molecule has 1 unspecified atom stereocenters. The summed E-state index contributed by atoms with van der Waals surface area (Å²) < 4.78 is 27.0. The van der Waals surface area contributed by atoms with Gasteiger partial charge in [0, 0.05) is 25.1 Å². The summed E-state index contributed by atoms with van der Waals surface area (Å²) in [5, 5.41) is 5.63. The van der Waals surface area contributed by atoms with Crippen molar-refractivity contribution in [3.05, 3.63) is 28.2 Å². The predicted octanol–water partition coefficient (Wildman–Crippen LogP) is 2.81. The van der Waals surface area contributed by atoms with Crippen LogP contribution in [0.1, 0.15) is 19.3 Å². The molecule has 18 heavy (non-hydrogen) atoms. The normalized spacial score (nSPS) is 20.2. The summed E-state index contributed by atoms with van der Waals surface area (Å²) >= 11 is 2.92. The molecule has 1 aliphatic heterocycles. The monoisotopic (exact) mass is 318 g/mol. The Balaban J connectivity index is 2.13. The number of rotatable bonds is 2. The number of anilines is 1. The summed E-state index contributed by atoms with van der Waals surface area (Å²) in [7, 11) is 0. The SMILES string of the molecule is O=C1CC(Nc2cc(F)c(Br)cc2F)CCCN1. The number of carbonyl (C=O) groups excluding carboxylic acids is 1. The van der Waals surface area contributed by atoms with Crippen molar-refractivity contribution in [1.82, 2.24) is 5.32 Å². The van der Waals surface area contributed by atoms with E-state index in [1.807, 2.05) is 0 Å². The first-order chi connectivity index (χ1) is 8.56. The highest BCUT2D eigenvalue weighted by Gasteiger charge is 2.19. The van der Waals surface area contributed by atoms with E-state index in [9.17, 15) is 13.6 Å². The van der Waals surface area contributed by atoms with Crippen LogP contribution in [-0.4, -0.2) is 18.5 Å². The third-order valence-corrected chi connectivity index (χ3v) is 3.46. The molecule has 0 radical (unpaired) electrons. The fourth-order valence-electron chi connectivity index (χ4n) is 1.95. The molecular weight excluding hydrogens is 306 g/mol. The lowest BCUT2D eigenvalue weighted by Crippen LogP contribution is -2.27. The highest BCUT2D eigenvalue weighted by atomic mass is 79.9. The van der Waals surface area contributed by atoms with Crippen molar-refractivity contribution in [3.8, 4) is 0 Å². The molecular formula is C12H13BrF2N2O. The first kappa shape index (κ1) is 13.3. The number of hydrogen-bond acceptors (Lipinski definition) is 2. The van der Waals surface area contributed by atoms with E-state index in [0.717, 1.165) is 25.0 Å². The van der Waals surface area contributed by atoms with Gasteiger partial charge in [-0.15, -0.1) is 0 Å². The van der Waals surface area contributed by atoms with Crippen LogP contribution < -0.4 is 10.6 Å². The summed E-state index contributed by atoms with van der Waals surface area (Å²) in [5.41, 5.74) is 0.0930. The van der Waals surface area contributed by atoms with Gasteiger partial charge in [-0.05, 0) is 34.8 Å². The molecule has 0 bridgehead atoms. The maximum absolute atomic E-state index is 13.6. The fourth-order valence-corrected chi connectivity index (χ4v) is 2.27. The number of nitrogens with one attached hydrogen (secondary N) is 2. The average Bonchev–Trinajstić information content (AvgIpc) is 2.50. The lowest BCUT2D eigenvalue weighted by molar-refractivity contribution is -0.120. The minimum Gasteiger partial charge on any atom is -0.379 e. The Bertz CT molecular complexity index is 468. The topological polar surface area (TPSA) is 41.1 Å². The average molecular weight is 319 g/mol. The molecule has 1 heterocycles. The van der Waals surface area contributed by atoms with Gasteiger partial charge in [-0.3, -0.25) is 4.79 Å². The second-order valence-electron chi connectivity index (χ2n) is 4.28. The summed E-state index contributed by atoms with van der Waals surface area (Å²) in [6, 6.07) is 2.01. The van der Waals surface area contributed by atoms with Crippen LogP contribution >= 0.6 is 15.9 Å². The molecule has 1 fully saturated rings. The highest BCUT2D eigenvalue weighted by Crippen LogP contribution is 2.25. The number of halogens is 3. The number of hydrogen-bond donors (Lipinski definition) is 2. The van der Waals surface area contributed by atoms with Crippen LogP contribution in [-0.2, 0) is 4.79 Å². The Kier molecular flexibility index (Phi) is 4.16. The van der Waals surface area contributed by atoms with Gasteiger partial charge in [0.15, 0.2) is 0 Å². The Hall–Kier alpha value is -1.17. The van der Waals surface area contributed by atoms with Gasteiger partial charge in [0.25, 0.3) is 0 Å².